The van der Waals surface area contributed by atoms with Gasteiger partial charge in [-0.1, -0.05) is 172 Å². The van der Waals surface area contributed by atoms with Gasteiger partial charge < -0.3 is 0 Å². The molecule has 0 atom stereocenters. The van der Waals surface area contributed by atoms with E-state index < -0.39 is 0 Å². The summed E-state index contributed by atoms with van der Waals surface area (Å²) in [6.07, 6.45) is 20.8. The third kappa shape index (κ3) is 5.65. The first-order valence-corrected chi connectivity index (χ1v) is 22.5. The first-order valence-electron chi connectivity index (χ1n) is 22.5. The highest BCUT2D eigenvalue weighted by Gasteiger charge is 2.50. The number of allylic oxidation sites excluding steroid dienone is 4. The molecular formula is C57H49N3. The lowest BCUT2D eigenvalue weighted by Crippen LogP contribution is -2.29. The summed E-state index contributed by atoms with van der Waals surface area (Å²) < 4.78 is 0. The highest BCUT2D eigenvalue weighted by atomic mass is 15.0. The standard InChI is InChI=1S/C57H49N3/c1-5-15-41(16-6-1)53-58-54(42-17-7-2-8-18-42)60-55(59-53)43-27-25-39(26-28-43)38-21-23-40(24-22-38)44-29-30-50-46(35-44)48-37-51-47(36-52(48)57(50)33-13-4-14-34-57)45-19-9-10-20-49(45)56(51)31-11-3-12-32-56/h1-2,5-8,15-30,35-37H,3-4,9-14,31-34H2. The summed E-state index contributed by atoms with van der Waals surface area (Å²) in [5.74, 6) is 2.02. The number of rotatable bonds is 5. The zero-order valence-corrected chi connectivity index (χ0v) is 34.3. The molecule has 3 nitrogen and oxygen atoms in total. The molecule has 6 aromatic carbocycles. The normalized spacial score (nSPS) is 18.0. The van der Waals surface area contributed by atoms with Crippen molar-refractivity contribution >= 4 is 5.57 Å². The van der Waals surface area contributed by atoms with Crippen molar-refractivity contribution in [2.24, 2.45) is 0 Å². The molecule has 2 saturated carbocycles. The molecule has 0 amide bonds. The van der Waals surface area contributed by atoms with E-state index >= 15 is 0 Å². The van der Waals surface area contributed by atoms with Crippen molar-refractivity contribution in [3.8, 4) is 67.5 Å². The Bertz CT molecular complexity index is 2780. The highest BCUT2D eigenvalue weighted by molar-refractivity contribution is 5.95. The third-order valence-electron chi connectivity index (χ3n) is 14.8. The van der Waals surface area contributed by atoms with E-state index in [-0.39, 0.29) is 10.8 Å². The van der Waals surface area contributed by atoms with Crippen LogP contribution in [0.5, 0.6) is 0 Å². The summed E-state index contributed by atoms with van der Waals surface area (Å²) in [4.78, 5) is 14.8. The molecule has 5 aliphatic carbocycles. The van der Waals surface area contributed by atoms with Gasteiger partial charge in [0.25, 0.3) is 0 Å². The van der Waals surface area contributed by atoms with Crippen LogP contribution in [-0.2, 0) is 10.8 Å². The van der Waals surface area contributed by atoms with Crippen molar-refractivity contribution in [3.63, 3.8) is 0 Å². The molecule has 0 saturated heterocycles. The molecule has 1 heterocycles. The molecule has 0 N–H and O–H groups in total. The second-order valence-corrected chi connectivity index (χ2v) is 18.0. The summed E-state index contributed by atoms with van der Waals surface area (Å²) >= 11 is 0. The van der Waals surface area contributed by atoms with Gasteiger partial charge in [0.1, 0.15) is 0 Å². The van der Waals surface area contributed by atoms with Gasteiger partial charge in [-0.15, -0.1) is 0 Å². The second-order valence-electron chi connectivity index (χ2n) is 18.0. The van der Waals surface area contributed by atoms with E-state index in [0.717, 1.165) is 16.7 Å². The lowest BCUT2D eigenvalue weighted by Gasteiger charge is -2.37. The molecule has 2 spiro atoms. The fraction of sp³-hybridized carbons (Fsp3) is 0.246. The van der Waals surface area contributed by atoms with E-state index in [1.807, 2.05) is 60.7 Å². The van der Waals surface area contributed by atoms with Crippen molar-refractivity contribution in [2.45, 2.75) is 87.9 Å². The predicted octanol–water partition coefficient (Wildman–Crippen LogP) is 14.8. The van der Waals surface area contributed by atoms with Crippen LogP contribution in [0.1, 0.15) is 99.3 Å². The topological polar surface area (TPSA) is 38.7 Å². The Labute approximate surface area is 354 Å². The zero-order valence-electron chi connectivity index (χ0n) is 34.3. The maximum absolute atomic E-state index is 4.94. The first-order chi connectivity index (χ1) is 29.7. The van der Waals surface area contributed by atoms with Crippen LogP contribution in [0.4, 0.5) is 0 Å². The van der Waals surface area contributed by atoms with Gasteiger partial charge in [-0.3, -0.25) is 0 Å². The van der Waals surface area contributed by atoms with Crippen LogP contribution in [0.2, 0.25) is 0 Å². The van der Waals surface area contributed by atoms with Crippen molar-refractivity contribution in [1.82, 2.24) is 15.0 Å². The van der Waals surface area contributed by atoms with Crippen molar-refractivity contribution < 1.29 is 0 Å². The number of hydrogen-bond acceptors (Lipinski definition) is 3. The smallest absolute Gasteiger partial charge is 0.164 e. The molecule has 0 bridgehead atoms. The minimum absolute atomic E-state index is 0.140. The van der Waals surface area contributed by atoms with Gasteiger partial charge in [0.05, 0.1) is 0 Å². The molecule has 292 valence electrons. The SMILES string of the molecule is C1=C2C(=CCC1)C1(CCCCC1)c1cc3c(cc12)C1(CCCCC1)c1ccc(-c2ccc(-c4ccc(-c5nc(-c6ccccc6)nc(-c6ccccc6)n5)cc4)cc2)cc1-3. The van der Waals surface area contributed by atoms with E-state index in [4.69, 9.17) is 15.0 Å². The molecule has 5 aliphatic rings. The Morgan fingerprint density at radius 3 is 1.35 bits per heavy atom. The van der Waals surface area contributed by atoms with Crippen molar-refractivity contribution in [2.75, 3.05) is 0 Å². The largest absolute Gasteiger partial charge is 0.208 e. The summed E-state index contributed by atoms with van der Waals surface area (Å²) in [6.45, 7) is 0. The molecule has 0 radical (unpaired) electrons. The number of benzene rings is 6. The first kappa shape index (κ1) is 35.7. The number of nitrogens with zero attached hydrogens (tertiary/aromatic N) is 3. The lowest BCUT2D eigenvalue weighted by atomic mass is 9.66. The highest BCUT2D eigenvalue weighted by Crippen LogP contribution is 2.63. The van der Waals surface area contributed by atoms with E-state index in [0.29, 0.717) is 17.5 Å². The van der Waals surface area contributed by atoms with E-state index in [2.05, 4.69) is 91.0 Å². The quantitative estimate of drug-likeness (QED) is 0.175. The molecule has 60 heavy (non-hydrogen) atoms. The second kappa shape index (κ2) is 14.2. The Kier molecular flexibility index (Phi) is 8.47. The average molecular weight is 776 g/mol. The van der Waals surface area contributed by atoms with Crippen LogP contribution < -0.4 is 0 Å². The zero-order chi connectivity index (χ0) is 39.7. The van der Waals surface area contributed by atoms with Gasteiger partial charge in [0.2, 0.25) is 0 Å². The van der Waals surface area contributed by atoms with Gasteiger partial charge in [0, 0.05) is 27.5 Å². The number of aromatic nitrogens is 3. The van der Waals surface area contributed by atoms with Gasteiger partial charge in [0.15, 0.2) is 17.5 Å². The molecule has 7 aromatic rings. The Balaban J connectivity index is 0.882. The van der Waals surface area contributed by atoms with Crippen LogP contribution >= 0.6 is 0 Å². The molecule has 0 aliphatic heterocycles. The summed E-state index contributed by atoms with van der Waals surface area (Å²) in [5, 5.41) is 0. The van der Waals surface area contributed by atoms with Crippen molar-refractivity contribution in [3.05, 3.63) is 180 Å². The van der Waals surface area contributed by atoms with Crippen LogP contribution in [0, 0.1) is 0 Å². The molecule has 0 unspecified atom stereocenters. The van der Waals surface area contributed by atoms with Gasteiger partial charge >= 0.3 is 0 Å². The maximum atomic E-state index is 4.94. The van der Waals surface area contributed by atoms with E-state index in [1.165, 1.54) is 110 Å². The van der Waals surface area contributed by atoms with E-state index in [1.54, 1.807) is 33.4 Å². The van der Waals surface area contributed by atoms with E-state index in [9.17, 15) is 0 Å². The van der Waals surface area contributed by atoms with Crippen LogP contribution in [0.15, 0.2) is 157 Å². The van der Waals surface area contributed by atoms with Crippen LogP contribution in [-0.4, -0.2) is 15.0 Å². The van der Waals surface area contributed by atoms with Gasteiger partial charge in [-0.05, 0) is 124 Å². The fourth-order valence-corrected chi connectivity index (χ4v) is 11.9. The average Bonchev–Trinajstić information content (AvgIpc) is 3.73. The minimum Gasteiger partial charge on any atom is -0.208 e. The Morgan fingerprint density at radius 1 is 0.333 bits per heavy atom. The van der Waals surface area contributed by atoms with Gasteiger partial charge in [-0.25, -0.2) is 15.0 Å². The Hall–Kier alpha value is -6.19. The predicted molar refractivity (Wildman–Crippen MR) is 246 cm³/mol. The minimum atomic E-state index is 0.140. The van der Waals surface area contributed by atoms with Crippen molar-refractivity contribution in [1.29, 1.82) is 0 Å². The van der Waals surface area contributed by atoms with Gasteiger partial charge in [-0.2, -0.15) is 0 Å². The summed E-state index contributed by atoms with van der Waals surface area (Å²) in [6, 6.07) is 51.1. The lowest BCUT2D eigenvalue weighted by molar-refractivity contribution is 0.349. The molecule has 2 fully saturated rings. The molecule has 1 aromatic heterocycles. The molecule has 3 heteroatoms. The van der Waals surface area contributed by atoms with Crippen LogP contribution in [0.25, 0.3) is 73.1 Å². The third-order valence-corrected chi connectivity index (χ3v) is 14.8. The number of hydrogen-bond donors (Lipinski definition) is 0. The number of fused-ring (bicyclic) bond motifs is 10. The summed E-state index contributed by atoms with van der Waals surface area (Å²) in [5.41, 5.74) is 20.9. The maximum Gasteiger partial charge on any atom is 0.164 e. The molecule has 12 rings (SSSR count). The summed E-state index contributed by atoms with van der Waals surface area (Å²) in [7, 11) is 0. The molecular weight excluding hydrogens is 727 g/mol. The van der Waals surface area contributed by atoms with Crippen LogP contribution in [0.3, 0.4) is 0 Å². The Morgan fingerprint density at radius 2 is 0.767 bits per heavy atom. The fourth-order valence-electron chi connectivity index (χ4n) is 11.9. The monoisotopic (exact) mass is 775 g/mol.